The molecule has 0 bridgehead atoms. The fourth-order valence-electron chi connectivity index (χ4n) is 16.6. The summed E-state index contributed by atoms with van der Waals surface area (Å²) < 4.78 is 154. The summed E-state index contributed by atoms with van der Waals surface area (Å²) in [6.07, 6.45) is 27.0. The average Bonchev–Trinajstić information content (AvgIpc) is 1.58. The van der Waals surface area contributed by atoms with Gasteiger partial charge in [0, 0.05) is 139 Å². The average molecular weight is 1770 g/mol. The van der Waals surface area contributed by atoms with Crippen molar-refractivity contribution < 1.29 is 130 Å². The van der Waals surface area contributed by atoms with Crippen LogP contribution >= 0.6 is 23.2 Å². The summed E-state index contributed by atoms with van der Waals surface area (Å²) in [6, 6.07) is 49.1. The second-order valence-corrected chi connectivity index (χ2v) is 38.7. The molecule has 8 aromatic rings. The fourth-order valence-corrected chi connectivity index (χ4v) is 19.3. The van der Waals surface area contributed by atoms with Crippen molar-refractivity contribution in [1.29, 1.82) is 0 Å². The molecule has 27 heteroatoms. The van der Waals surface area contributed by atoms with Gasteiger partial charge in [0.1, 0.15) is 36.4 Å². The van der Waals surface area contributed by atoms with Crippen molar-refractivity contribution in [2.75, 3.05) is 60.3 Å². The van der Waals surface area contributed by atoms with Crippen LogP contribution in [0, 0.1) is 38.5 Å². The van der Waals surface area contributed by atoms with Crippen LogP contribution in [0.3, 0.4) is 0 Å². The second-order valence-electron chi connectivity index (χ2n) is 32.0. The predicted molar refractivity (Wildman–Crippen MR) is 479 cm³/mol. The number of nitrogens with zero attached hydrogens (tertiary/aromatic N) is 4. The summed E-state index contributed by atoms with van der Waals surface area (Å²) in [5, 5.41) is 10.6. The molecule has 19 nitrogen and oxygen atoms in total. The minimum Gasteiger partial charge on any atom is -0.748 e. The molecule has 628 valence electrons. The Hall–Kier alpha value is -7.15. The second kappa shape index (κ2) is 42.2. The van der Waals surface area contributed by atoms with Crippen LogP contribution in [0.25, 0.3) is 32.3 Å². The van der Waals surface area contributed by atoms with Crippen molar-refractivity contribution in [1.82, 2.24) is 0 Å². The molecule has 2 unspecified atom stereocenters. The summed E-state index contributed by atoms with van der Waals surface area (Å²) in [5.74, 6) is 3.88. The van der Waals surface area contributed by atoms with Gasteiger partial charge in [-0.2, -0.15) is 9.15 Å². The molecule has 0 spiro atoms. The van der Waals surface area contributed by atoms with Gasteiger partial charge in [0.2, 0.25) is 11.4 Å². The van der Waals surface area contributed by atoms with Gasteiger partial charge in [0.15, 0.2) is 11.4 Å². The first-order valence-electron chi connectivity index (χ1n) is 39.3. The van der Waals surface area contributed by atoms with E-state index in [1.165, 1.54) is 45.4 Å². The number of ether oxygens (including phenoxy) is 2. The molecule has 0 fully saturated rings. The van der Waals surface area contributed by atoms with Gasteiger partial charge in [-0.1, -0.05) is 165 Å². The zero-order valence-electron chi connectivity index (χ0n) is 69.8. The Balaban J connectivity index is 0.000000270. The van der Waals surface area contributed by atoms with Gasteiger partial charge in [-0.25, -0.2) is 33.7 Å². The number of terminal acetylenes is 2. The van der Waals surface area contributed by atoms with Crippen LogP contribution in [0.4, 0.5) is 28.4 Å². The van der Waals surface area contributed by atoms with Gasteiger partial charge in [-0.05, 0) is 188 Å². The summed E-state index contributed by atoms with van der Waals surface area (Å²) >= 11 is 14.0. The predicted octanol–water partition coefficient (Wildman–Crippen LogP) is 12.9. The van der Waals surface area contributed by atoms with E-state index in [9.17, 15) is 51.9 Å². The molecule has 0 aromatic heterocycles. The van der Waals surface area contributed by atoms with E-state index in [-0.39, 0.29) is 121 Å². The molecule has 3 aliphatic heterocycles. The number of hydrogen-bond acceptors (Lipinski definition) is 17. The van der Waals surface area contributed by atoms with Gasteiger partial charge < -0.3 is 37.9 Å². The molecular formula is C94H103Cl2N5Na2O14S4. The monoisotopic (exact) mass is 1770 g/mol. The molecule has 3 heterocycles. The Bertz CT molecular complexity index is 6090. The normalized spacial score (nSPS) is 18.4. The third-order valence-electron chi connectivity index (χ3n) is 22.5. The number of allylic oxidation sites excluding steroid dienone is 7. The van der Waals surface area contributed by atoms with Crippen molar-refractivity contribution in [2.24, 2.45) is 4.99 Å². The number of unbranched alkanes of at least 4 members (excludes halogenated alkanes) is 3. The summed E-state index contributed by atoms with van der Waals surface area (Å²) in [7, 11) is -17.6. The molecule has 2 atom stereocenters. The summed E-state index contributed by atoms with van der Waals surface area (Å²) in [5.41, 5.74) is 16.0. The number of para-hydroxylation sites is 2. The van der Waals surface area contributed by atoms with Gasteiger partial charge in [0.05, 0.1) is 69.0 Å². The Morgan fingerprint density at radius 2 is 1.02 bits per heavy atom. The zero-order chi connectivity index (χ0) is 85.3. The van der Waals surface area contributed by atoms with Gasteiger partial charge >= 0.3 is 59.1 Å². The van der Waals surface area contributed by atoms with Crippen LogP contribution in [0.15, 0.2) is 230 Å². The zero-order valence-corrected chi connectivity index (χ0v) is 78.6. The maximum Gasteiger partial charge on any atom is 1.00 e. The Labute approximate surface area is 769 Å². The third-order valence-corrected chi connectivity index (χ3v) is 26.7. The molecule has 0 saturated heterocycles. The molecular weight excluding hydrogens is 1670 g/mol. The minimum atomic E-state index is -4.70. The van der Waals surface area contributed by atoms with E-state index >= 15 is 0 Å². The molecule has 8 aromatic carbocycles. The number of hydrogen-bond donors (Lipinski definition) is 1. The Morgan fingerprint density at radius 3 is 1.57 bits per heavy atom. The van der Waals surface area contributed by atoms with Gasteiger partial charge in [-0.3, -0.25) is 4.99 Å². The number of halogens is 2. The number of anilines is 2. The van der Waals surface area contributed by atoms with E-state index in [4.69, 9.17) is 45.5 Å². The van der Waals surface area contributed by atoms with Crippen LogP contribution in [-0.4, -0.2) is 141 Å². The number of benzene rings is 8. The van der Waals surface area contributed by atoms with Crippen molar-refractivity contribution in [3.63, 3.8) is 0 Å². The smallest absolute Gasteiger partial charge is 0.748 e. The van der Waals surface area contributed by atoms with E-state index in [2.05, 4.69) is 151 Å². The number of rotatable bonds is 27. The third kappa shape index (κ3) is 24.7. The van der Waals surface area contributed by atoms with E-state index in [1.807, 2.05) is 111 Å². The molecule has 13 rings (SSSR count). The van der Waals surface area contributed by atoms with Crippen molar-refractivity contribution in [3.8, 4) is 24.7 Å². The van der Waals surface area contributed by atoms with Crippen LogP contribution in [-0.2, 0) is 66.2 Å². The fraction of sp³-hybridized carbons (Fsp3) is 0.351. The molecule has 0 saturated carbocycles. The van der Waals surface area contributed by atoms with E-state index in [0.29, 0.717) is 79.9 Å². The number of aryl methyl sites for hydroxylation is 2. The first kappa shape index (κ1) is 99.3. The molecule has 5 aliphatic rings. The quantitative estimate of drug-likeness (QED) is 0.0125. The Morgan fingerprint density at radius 1 is 0.537 bits per heavy atom. The first-order chi connectivity index (χ1) is 55.8. The number of aliphatic imine (C=N–C) groups is 1. The number of nitrogens with one attached hydrogen (secondary N) is 1. The standard InChI is InChI=1S/C50H55ClN2O10S3.C23H21ClN2O.C20H25NO3S.CH4.2Na/c1-7-26-63-38-30-36(15-22-44-49(3,4)46-40-18-12-33(2)29-34(40)13-20-42(46)52(44)24-8-10-27-64(54,55)56)48(51)37(31-38)16-23-45-50(5,6)47-41-19-17-39(66(60,61)62)32-35(41)14-21-43(47)53(45)25-9-11-28-65(57,58)59;1-2-13-27-22-14-18(16-25-20-9-5-3-6-10-20)23(24)19(15-22)17-26-21-11-7-4-8-12-21;1-14-7-9-17-16(13-14)8-10-18-19(17)20(3,4)15(2)21(18)11-5-6-12-25(22,23)24;;;/h1,12-23,29,32,38H,8-11,24-28,30-31H2,2-6H3,(H2-,54,55,56,57,58,59,60,61,62);1,3-12,16-17,22,25H,13-15H2;7-10,13H,5-6,11-12H2,1-4H3;1H4;;/q;;;;2*+1/p-2/b;18-16+,26-17?;;;;. The molecule has 0 amide bonds. The maximum absolute atomic E-state index is 11.9. The minimum absolute atomic E-state index is 0. The first-order valence-corrected chi connectivity index (χ1v) is 46.2. The van der Waals surface area contributed by atoms with Crippen LogP contribution in [0.2, 0.25) is 0 Å². The topological polar surface area (TPSA) is 281 Å². The van der Waals surface area contributed by atoms with Crippen LogP contribution in [0.1, 0.15) is 148 Å². The summed E-state index contributed by atoms with van der Waals surface area (Å²) in [4.78, 5) is 6.28. The molecule has 121 heavy (non-hydrogen) atoms. The van der Waals surface area contributed by atoms with Crippen molar-refractivity contribution >= 4 is 142 Å². The Kier molecular flexibility index (Phi) is 34.6. The van der Waals surface area contributed by atoms with Crippen LogP contribution < -0.4 is 69.3 Å². The van der Waals surface area contributed by atoms with Crippen molar-refractivity contribution in [2.45, 2.75) is 167 Å². The van der Waals surface area contributed by atoms with Gasteiger partial charge in [-0.15, -0.1) is 12.8 Å². The molecule has 0 radical (unpaired) electrons. The molecule has 1 N–H and O–H groups in total. The number of fused-ring (bicyclic) bond motifs is 9. The SMILES string of the molecule is C.C#CCOC1CC(/C=C/C2=[N+](CCCCS(=O)(=O)[O-])c3ccc4cc(C)ccc4c3C2(C)C)=C(Cl)C(=C/C=C2/N(CCCCS(=O)(=O)[O-])c3ccc4cc(S(=O)(=O)[O-])ccc4c3C2(C)C)/C1.C#CCOC1CC(C=Nc2ccccc2)=C(Cl)/C(=C/Nc2ccccc2)C1.CC1=[N+](CCCCS(=O)(=O)[O-])c2ccc3cc(C)ccc3c2C1(C)C.[Na+].[Na+]. The van der Waals surface area contributed by atoms with E-state index in [1.54, 1.807) is 12.1 Å². The largest absolute Gasteiger partial charge is 1.00 e. The molecule has 2 aliphatic carbocycles. The summed E-state index contributed by atoms with van der Waals surface area (Å²) in [6.45, 7) is 21.1. The van der Waals surface area contributed by atoms with Crippen molar-refractivity contribution in [3.05, 3.63) is 248 Å². The van der Waals surface area contributed by atoms with E-state index < -0.39 is 62.8 Å². The maximum atomic E-state index is 11.9. The van der Waals surface area contributed by atoms with Crippen LogP contribution in [0.5, 0.6) is 0 Å². The van der Waals surface area contributed by atoms with E-state index in [0.717, 1.165) is 95.8 Å². The van der Waals surface area contributed by atoms with Gasteiger partial charge in [0.25, 0.3) is 0 Å².